The number of hydrogen-bond acceptors (Lipinski definition) is 2. The Morgan fingerprint density at radius 3 is 2.37 bits per heavy atom. The topological polar surface area (TPSA) is 46.5 Å². The maximum atomic E-state index is 11.3. The Balaban J connectivity index is 2.13. The first kappa shape index (κ1) is 13.1. The van der Waals surface area contributed by atoms with Gasteiger partial charge in [0.05, 0.1) is 0 Å². The molecule has 2 rings (SSSR count). The summed E-state index contributed by atoms with van der Waals surface area (Å²) >= 11 is 0. The van der Waals surface area contributed by atoms with Crippen LogP contribution in [0.15, 0.2) is 54.6 Å². The van der Waals surface area contributed by atoms with E-state index in [1.807, 2.05) is 55.5 Å². The van der Waals surface area contributed by atoms with E-state index in [1.165, 1.54) is 0 Å². The molecule has 0 amide bonds. The van der Waals surface area contributed by atoms with Gasteiger partial charge in [0.15, 0.2) is 6.10 Å². The number of rotatable bonds is 5. The molecule has 19 heavy (non-hydrogen) atoms. The van der Waals surface area contributed by atoms with Gasteiger partial charge in [-0.05, 0) is 24.1 Å². The number of hydrogen-bond donors (Lipinski definition) is 1. The zero-order chi connectivity index (χ0) is 13.7. The Kier molecular flexibility index (Phi) is 4.18. The number of carboxylic acids is 1. The lowest BCUT2D eigenvalue weighted by molar-refractivity contribution is -0.145. The van der Waals surface area contributed by atoms with E-state index in [0.717, 1.165) is 11.1 Å². The van der Waals surface area contributed by atoms with Crippen molar-refractivity contribution in [3.8, 4) is 5.75 Å². The fraction of sp³-hybridized carbons (Fsp3) is 0.188. The molecular formula is C16H16O3. The molecule has 0 heterocycles. The normalized spacial score (nSPS) is 11.8. The maximum absolute atomic E-state index is 11.3. The van der Waals surface area contributed by atoms with Crippen LogP contribution in [0, 0.1) is 6.92 Å². The molecule has 0 saturated carbocycles. The minimum Gasteiger partial charge on any atom is -0.478 e. The third-order valence-electron chi connectivity index (χ3n) is 2.90. The van der Waals surface area contributed by atoms with Gasteiger partial charge in [-0.15, -0.1) is 0 Å². The molecular weight excluding hydrogens is 240 g/mol. The molecule has 0 saturated heterocycles. The van der Waals surface area contributed by atoms with E-state index in [4.69, 9.17) is 4.74 Å². The van der Waals surface area contributed by atoms with E-state index in [-0.39, 0.29) is 0 Å². The number of aliphatic carboxylic acids is 1. The highest BCUT2D eigenvalue weighted by molar-refractivity contribution is 5.73. The average molecular weight is 256 g/mol. The lowest BCUT2D eigenvalue weighted by atomic mass is 10.1. The molecule has 0 radical (unpaired) electrons. The Bertz CT molecular complexity index is 549. The van der Waals surface area contributed by atoms with Crippen molar-refractivity contribution in [3.63, 3.8) is 0 Å². The van der Waals surface area contributed by atoms with Gasteiger partial charge in [0.1, 0.15) is 5.75 Å². The lowest BCUT2D eigenvalue weighted by Crippen LogP contribution is -2.29. The molecule has 2 aromatic rings. The summed E-state index contributed by atoms with van der Waals surface area (Å²) in [5.41, 5.74) is 1.88. The lowest BCUT2D eigenvalue weighted by Gasteiger charge is -2.16. The molecule has 2 aromatic carbocycles. The van der Waals surface area contributed by atoms with Gasteiger partial charge in [-0.1, -0.05) is 48.5 Å². The van der Waals surface area contributed by atoms with Crippen LogP contribution in [0.25, 0.3) is 0 Å². The minimum absolute atomic E-state index is 0.352. The van der Waals surface area contributed by atoms with Gasteiger partial charge in [0, 0.05) is 6.42 Å². The van der Waals surface area contributed by atoms with E-state index in [2.05, 4.69) is 0 Å². The van der Waals surface area contributed by atoms with Crippen LogP contribution in [-0.2, 0) is 11.2 Å². The first-order chi connectivity index (χ1) is 9.16. The van der Waals surface area contributed by atoms with Crippen molar-refractivity contribution >= 4 is 5.97 Å². The van der Waals surface area contributed by atoms with E-state index < -0.39 is 12.1 Å². The van der Waals surface area contributed by atoms with Gasteiger partial charge in [0.2, 0.25) is 0 Å². The van der Waals surface area contributed by atoms with Gasteiger partial charge >= 0.3 is 5.97 Å². The molecule has 0 aromatic heterocycles. The summed E-state index contributed by atoms with van der Waals surface area (Å²) in [7, 11) is 0. The van der Waals surface area contributed by atoms with Crippen LogP contribution < -0.4 is 4.74 Å². The highest BCUT2D eigenvalue weighted by atomic mass is 16.5. The maximum Gasteiger partial charge on any atom is 0.345 e. The molecule has 0 aliphatic rings. The monoisotopic (exact) mass is 256 g/mol. The Morgan fingerprint density at radius 1 is 1.11 bits per heavy atom. The second-order valence-electron chi connectivity index (χ2n) is 4.40. The van der Waals surface area contributed by atoms with Crippen LogP contribution >= 0.6 is 0 Å². The largest absolute Gasteiger partial charge is 0.478 e. The number of para-hydroxylation sites is 1. The van der Waals surface area contributed by atoms with Gasteiger partial charge < -0.3 is 9.84 Å². The summed E-state index contributed by atoms with van der Waals surface area (Å²) in [6.07, 6.45) is -0.520. The van der Waals surface area contributed by atoms with Crippen molar-refractivity contribution in [2.45, 2.75) is 19.4 Å². The molecule has 0 bridgehead atoms. The van der Waals surface area contributed by atoms with E-state index in [0.29, 0.717) is 12.2 Å². The van der Waals surface area contributed by atoms with Crippen LogP contribution in [0.4, 0.5) is 0 Å². The fourth-order valence-corrected chi connectivity index (χ4v) is 1.85. The van der Waals surface area contributed by atoms with Crippen molar-refractivity contribution < 1.29 is 14.6 Å². The molecule has 0 aliphatic heterocycles. The van der Waals surface area contributed by atoms with Gasteiger partial charge in [-0.25, -0.2) is 4.79 Å². The van der Waals surface area contributed by atoms with Gasteiger partial charge in [-0.3, -0.25) is 0 Å². The van der Waals surface area contributed by atoms with Crippen molar-refractivity contribution in [3.05, 3.63) is 65.7 Å². The van der Waals surface area contributed by atoms with Crippen LogP contribution in [0.2, 0.25) is 0 Å². The van der Waals surface area contributed by atoms with Crippen LogP contribution in [0.1, 0.15) is 11.1 Å². The van der Waals surface area contributed by atoms with Gasteiger partial charge in [0.25, 0.3) is 0 Å². The third kappa shape index (κ3) is 3.58. The molecule has 0 fully saturated rings. The summed E-state index contributed by atoms with van der Waals surface area (Å²) < 4.78 is 5.61. The fourth-order valence-electron chi connectivity index (χ4n) is 1.85. The van der Waals surface area contributed by atoms with E-state index in [1.54, 1.807) is 6.07 Å². The SMILES string of the molecule is Cc1ccccc1O[C@H](Cc1ccccc1)C(=O)O. The summed E-state index contributed by atoms with van der Waals surface area (Å²) in [4.78, 5) is 11.3. The summed E-state index contributed by atoms with van der Waals surface area (Å²) in [5, 5.41) is 9.26. The third-order valence-corrected chi connectivity index (χ3v) is 2.90. The van der Waals surface area contributed by atoms with Gasteiger partial charge in [-0.2, -0.15) is 0 Å². The predicted molar refractivity (Wildman–Crippen MR) is 73.4 cm³/mol. The highest BCUT2D eigenvalue weighted by Gasteiger charge is 2.20. The smallest absolute Gasteiger partial charge is 0.345 e. The summed E-state index contributed by atoms with van der Waals surface area (Å²) in [6, 6.07) is 16.9. The molecule has 0 unspecified atom stereocenters. The number of ether oxygens (including phenoxy) is 1. The molecule has 1 atom stereocenters. The summed E-state index contributed by atoms with van der Waals surface area (Å²) in [5.74, 6) is -0.335. The van der Waals surface area contributed by atoms with E-state index in [9.17, 15) is 9.90 Å². The zero-order valence-corrected chi connectivity index (χ0v) is 10.7. The second kappa shape index (κ2) is 6.05. The Labute approximate surface area is 112 Å². The molecule has 3 nitrogen and oxygen atoms in total. The summed E-state index contributed by atoms with van der Waals surface area (Å²) in [6.45, 7) is 1.90. The Morgan fingerprint density at radius 2 is 1.74 bits per heavy atom. The first-order valence-electron chi connectivity index (χ1n) is 6.16. The highest BCUT2D eigenvalue weighted by Crippen LogP contribution is 2.19. The van der Waals surface area contributed by atoms with Crippen molar-refractivity contribution in [2.75, 3.05) is 0 Å². The second-order valence-corrected chi connectivity index (χ2v) is 4.40. The predicted octanol–water partition coefficient (Wildman–Crippen LogP) is 3.07. The van der Waals surface area contributed by atoms with Crippen molar-refractivity contribution in [1.82, 2.24) is 0 Å². The molecule has 3 heteroatoms. The van der Waals surface area contributed by atoms with Crippen molar-refractivity contribution in [1.29, 1.82) is 0 Å². The van der Waals surface area contributed by atoms with Crippen LogP contribution in [0.5, 0.6) is 5.75 Å². The van der Waals surface area contributed by atoms with Crippen LogP contribution in [-0.4, -0.2) is 17.2 Å². The van der Waals surface area contributed by atoms with E-state index >= 15 is 0 Å². The number of carboxylic acid groups (broad SMARTS) is 1. The number of benzene rings is 2. The minimum atomic E-state index is -0.952. The average Bonchev–Trinajstić information content (AvgIpc) is 2.41. The standard InChI is InChI=1S/C16H16O3/c1-12-7-5-6-10-14(12)19-15(16(17)18)11-13-8-3-2-4-9-13/h2-10,15H,11H2,1H3,(H,17,18)/t15-/m1/s1. The molecule has 0 aliphatic carbocycles. The van der Waals surface area contributed by atoms with Crippen LogP contribution in [0.3, 0.4) is 0 Å². The molecule has 0 spiro atoms. The molecule has 1 N–H and O–H groups in total. The Hall–Kier alpha value is -2.29. The number of aryl methyl sites for hydroxylation is 1. The number of carbonyl (C=O) groups is 1. The van der Waals surface area contributed by atoms with Crippen molar-refractivity contribution in [2.24, 2.45) is 0 Å². The first-order valence-corrected chi connectivity index (χ1v) is 6.16. The molecule has 98 valence electrons. The quantitative estimate of drug-likeness (QED) is 0.894. The zero-order valence-electron chi connectivity index (χ0n) is 10.7.